The van der Waals surface area contributed by atoms with Crippen molar-refractivity contribution < 1.29 is 0 Å². The minimum Gasteiger partial charge on any atom is -0.360 e. The minimum absolute atomic E-state index is 0.813. The van der Waals surface area contributed by atoms with Gasteiger partial charge in [0.2, 0.25) is 5.95 Å². The lowest BCUT2D eigenvalue weighted by atomic mass is 10.0. The SMILES string of the molecule is CCCCN(C)c1ccnc(N2CCCc3ccccc32)n1. The number of anilines is 3. The third-order valence-electron chi connectivity index (χ3n) is 4.22. The number of fused-ring (bicyclic) bond motifs is 1. The van der Waals surface area contributed by atoms with Crippen LogP contribution in [0.25, 0.3) is 0 Å². The number of hydrogen-bond donors (Lipinski definition) is 0. The van der Waals surface area contributed by atoms with Crippen molar-refractivity contribution in [3.8, 4) is 0 Å². The van der Waals surface area contributed by atoms with Crippen molar-refractivity contribution in [2.45, 2.75) is 32.6 Å². The predicted molar refractivity (Wildman–Crippen MR) is 92.0 cm³/mol. The summed E-state index contributed by atoms with van der Waals surface area (Å²) >= 11 is 0. The third-order valence-corrected chi connectivity index (χ3v) is 4.22. The molecule has 0 saturated heterocycles. The maximum Gasteiger partial charge on any atom is 0.231 e. The van der Waals surface area contributed by atoms with E-state index in [2.05, 4.69) is 53.0 Å². The van der Waals surface area contributed by atoms with E-state index in [0.29, 0.717) is 0 Å². The van der Waals surface area contributed by atoms with E-state index in [0.717, 1.165) is 37.7 Å². The zero-order valence-electron chi connectivity index (χ0n) is 13.5. The fraction of sp³-hybridized carbons (Fsp3) is 0.444. The second-order valence-electron chi connectivity index (χ2n) is 5.87. The Morgan fingerprint density at radius 1 is 1.23 bits per heavy atom. The largest absolute Gasteiger partial charge is 0.360 e. The lowest BCUT2D eigenvalue weighted by Crippen LogP contribution is -2.27. The van der Waals surface area contributed by atoms with Gasteiger partial charge in [0.15, 0.2) is 0 Å². The molecule has 0 spiro atoms. The molecule has 0 aliphatic carbocycles. The number of nitrogens with zero attached hydrogens (tertiary/aromatic N) is 4. The van der Waals surface area contributed by atoms with Crippen LogP contribution in [0.15, 0.2) is 36.5 Å². The first-order chi connectivity index (χ1) is 10.8. The quantitative estimate of drug-likeness (QED) is 0.840. The molecule has 0 atom stereocenters. The van der Waals surface area contributed by atoms with Gasteiger partial charge in [0.25, 0.3) is 0 Å². The van der Waals surface area contributed by atoms with Gasteiger partial charge in [-0.1, -0.05) is 31.5 Å². The summed E-state index contributed by atoms with van der Waals surface area (Å²) in [7, 11) is 2.10. The van der Waals surface area contributed by atoms with Gasteiger partial charge in [-0.3, -0.25) is 0 Å². The Morgan fingerprint density at radius 2 is 2.09 bits per heavy atom. The summed E-state index contributed by atoms with van der Waals surface area (Å²) in [6.07, 6.45) is 6.54. The summed E-state index contributed by atoms with van der Waals surface area (Å²) in [5.41, 5.74) is 2.64. The van der Waals surface area contributed by atoms with Gasteiger partial charge in [0.1, 0.15) is 5.82 Å². The smallest absolute Gasteiger partial charge is 0.231 e. The van der Waals surface area contributed by atoms with Crippen LogP contribution in [0.5, 0.6) is 0 Å². The molecule has 0 bridgehead atoms. The number of aromatic nitrogens is 2. The molecule has 4 nitrogen and oxygen atoms in total. The maximum absolute atomic E-state index is 4.79. The second kappa shape index (κ2) is 6.77. The van der Waals surface area contributed by atoms with Gasteiger partial charge in [-0.05, 0) is 37.0 Å². The zero-order valence-corrected chi connectivity index (χ0v) is 13.5. The predicted octanol–water partition coefficient (Wildman–Crippen LogP) is 3.80. The van der Waals surface area contributed by atoms with Crippen LogP contribution >= 0.6 is 0 Å². The van der Waals surface area contributed by atoms with E-state index in [9.17, 15) is 0 Å². The lowest BCUT2D eigenvalue weighted by molar-refractivity contribution is 0.739. The molecule has 3 rings (SSSR count). The van der Waals surface area contributed by atoms with Gasteiger partial charge in [-0.15, -0.1) is 0 Å². The highest BCUT2D eigenvalue weighted by Gasteiger charge is 2.20. The minimum atomic E-state index is 0.813. The van der Waals surface area contributed by atoms with Crippen molar-refractivity contribution in [1.29, 1.82) is 0 Å². The highest BCUT2D eigenvalue weighted by Crippen LogP contribution is 2.31. The molecule has 1 aromatic heterocycles. The first-order valence-corrected chi connectivity index (χ1v) is 8.19. The maximum atomic E-state index is 4.79. The number of para-hydroxylation sites is 1. The Labute approximate surface area is 132 Å². The molecule has 22 heavy (non-hydrogen) atoms. The summed E-state index contributed by atoms with van der Waals surface area (Å²) in [5, 5.41) is 0. The fourth-order valence-electron chi connectivity index (χ4n) is 2.93. The molecule has 0 radical (unpaired) electrons. The third kappa shape index (κ3) is 3.06. The van der Waals surface area contributed by atoms with Crippen LogP contribution in [0.4, 0.5) is 17.5 Å². The van der Waals surface area contributed by atoms with Crippen LogP contribution in [0.2, 0.25) is 0 Å². The Hall–Kier alpha value is -2.10. The van der Waals surface area contributed by atoms with E-state index in [-0.39, 0.29) is 0 Å². The first-order valence-electron chi connectivity index (χ1n) is 8.19. The van der Waals surface area contributed by atoms with Gasteiger partial charge in [-0.25, -0.2) is 4.98 Å². The van der Waals surface area contributed by atoms with E-state index in [1.165, 1.54) is 24.1 Å². The highest BCUT2D eigenvalue weighted by molar-refractivity contribution is 5.64. The van der Waals surface area contributed by atoms with Gasteiger partial charge < -0.3 is 9.80 Å². The van der Waals surface area contributed by atoms with Crippen LogP contribution in [-0.4, -0.2) is 30.1 Å². The van der Waals surface area contributed by atoms with E-state index >= 15 is 0 Å². The number of hydrogen-bond acceptors (Lipinski definition) is 4. The van der Waals surface area contributed by atoms with Gasteiger partial charge in [0, 0.05) is 32.0 Å². The van der Waals surface area contributed by atoms with Crippen LogP contribution < -0.4 is 9.80 Å². The molecule has 1 aromatic carbocycles. The highest BCUT2D eigenvalue weighted by atomic mass is 15.3. The van der Waals surface area contributed by atoms with Crippen molar-refractivity contribution in [1.82, 2.24) is 9.97 Å². The molecule has 0 N–H and O–H groups in total. The molecule has 0 saturated carbocycles. The average Bonchev–Trinajstić information content (AvgIpc) is 2.59. The fourth-order valence-corrected chi connectivity index (χ4v) is 2.93. The Balaban J connectivity index is 1.87. The molecule has 2 aromatic rings. The Bertz CT molecular complexity index is 626. The van der Waals surface area contributed by atoms with Gasteiger partial charge in [-0.2, -0.15) is 4.98 Å². The molecule has 116 valence electrons. The Morgan fingerprint density at radius 3 is 2.95 bits per heavy atom. The van der Waals surface area contributed by atoms with Crippen LogP contribution in [0.1, 0.15) is 31.7 Å². The molecule has 0 amide bonds. The first kappa shape index (κ1) is 14.8. The number of unbranched alkanes of at least 4 members (excludes halogenated alkanes) is 1. The summed E-state index contributed by atoms with van der Waals surface area (Å²) in [4.78, 5) is 13.8. The molecule has 0 unspecified atom stereocenters. The summed E-state index contributed by atoms with van der Waals surface area (Å²) in [6, 6.07) is 10.6. The van der Waals surface area contributed by atoms with Crippen molar-refractivity contribution in [3.63, 3.8) is 0 Å². The van der Waals surface area contributed by atoms with Crippen molar-refractivity contribution in [2.75, 3.05) is 29.9 Å². The molecule has 2 heterocycles. The van der Waals surface area contributed by atoms with Crippen LogP contribution in [0.3, 0.4) is 0 Å². The molecule has 1 aliphatic rings. The number of aryl methyl sites for hydroxylation is 1. The van der Waals surface area contributed by atoms with Gasteiger partial charge >= 0.3 is 0 Å². The molecule has 4 heteroatoms. The molecule has 0 fully saturated rings. The van der Waals surface area contributed by atoms with E-state index in [4.69, 9.17) is 4.98 Å². The van der Waals surface area contributed by atoms with Crippen LogP contribution in [-0.2, 0) is 6.42 Å². The van der Waals surface area contributed by atoms with Crippen molar-refractivity contribution in [2.24, 2.45) is 0 Å². The van der Waals surface area contributed by atoms with Crippen LogP contribution in [0, 0.1) is 0 Å². The summed E-state index contributed by atoms with van der Waals surface area (Å²) in [5.74, 6) is 1.81. The van der Waals surface area contributed by atoms with E-state index in [1.54, 1.807) is 0 Å². The standard InChI is InChI=1S/C18H24N4/c1-3-4-13-21(2)17-11-12-19-18(20-17)22-14-7-9-15-8-5-6-10-16(15)22/h5-6,8,10-12H,3-4,7,9,13-14H2,1-2H3. The molecule has 1 aliphatic heterocycles. The Kier molecular flexibility index (Phi) is 4.56. The van der Waals surface area contributed by atoms with E-state index < -0.39 is 0 Å². The van der Waals surface area contributed by atoms with Gasteiger partial charge in [0.05, 0.1) is 0 Å². The van der Waals surface area contributed by atoms with Crippen molar-refractivity contribution in [3.05, 3.63) is 42.1 Å². The molecular weight excluding hydrogens is 272 g/mol. The monoisotopic (exact) mass is 296 g/mol. The molecular formula is C18H24N4. The zero-order chi connectivity index (χ0) is 15.4. The average molecular weight is 296 g/mol. The second-order valence-corrected chi connectivity index (χ2v) is 5.87. The number of benzene rings is 1. The summed E-state index contributed by atoms with van der Waals surface area (Å²) < 4.78 is 0. The lowest BCUT2D eigenvalue weighted by Gasteiger charge is -2.30. The van der Waals surface area contributed by atoms with E-state index in [1.807, 2.05) is 12.3 Å². The number of rotatable bonds is 5. The normalized spacial score (nSPS) is 13.8. The summed E-state index contributed by atoms with van der Waals surface area (Å²) in [6.45, 7) is 4.23. The van der Waals surface area contributed by atoms with Crippen molar-refractivity contribution >= 4 is 17.5 Å². The topological polar surface area (TPSA) is 32.3 Å².